The van der Waals surface area contributed by atoms with Gasteiger partial charge in [0.15, 0.2) is 0 Å². The molecule has 1 amide bonds. The highest BCUT2D eigenvalue weighted by atomic mass is 79.9. The molecule has 0 heterocycles. The SMILES string of the molecule is Cc1cc(C)c(NC(=O)c2ccc(Cl)cc2Br)c(Br)c1. The zero-order valence-electron chi connectivity index (χ0n) is 10.9. The van der Waals surface area contributed by atoms with Gasteiger partial charge in [-0.25, -0.2) is 0 Å². The fraction of sp³-hybridized carbons (Fsp3) is 0.133. The second kappa shape index (κ2) is 6.29. The molecule has 0 aliphatic heterocycles. The molecule has 5 heteroatoms. The smallest absolute Gasteiger partial charge is 0.256 e. The van der Waals surface area contributed by atoms with Gasteiger partial charge in [-0.05, 0) is 81.1 Å². The van der Waals surface area contributed by atoms with Crippen LogP contribution in [0.15, 0.2) is 39.3 Å². The van der Waals surface area contributed by atoms with Gasteiger partial charge < -0.3 is 5.32 Å². The molecule has 2 aromatic rings. The highest BCUT2D eigenvalue weighted by Gasteiger charge is 2.13. The molecule has 0 bridgehead atoms. The van der Waals surface area contributed by atoms with Crippen molar-refractivity contribution in [2.24, 2.45) is 0 Å². The van der Waals surface area contributed by atoms with E-state index in [2.05, 4.69) is 37.2 Å². The molecule has 0 fully saturated rings. The largest absolute Gasteiger partial charge is 0.321 e. The summed E-state index contributed by atoms with van der Waals surface area (Å²) in [5, 5.41) is 3.51. The summed E-state index contributed by atoms with van der Waals surface area (Å²) in [6, 6.07) is 9.09. The molecule has 0 atom stereocenters. The van der Waals surface area contributed by atoms with E-state index in [9.17, 15) is 4.79 Å². The summed E-state index contributed by atoms with van der Waals surface area (Å²) in [4.78, 5) is 12.3. The summed E-state index contributed by atoms with van der Waals surface area (Å²) >= 11 is 12.7. The second-order valence-corrected chi connectivity index (χ2v) is 6.66. The van der Waals surface area contributed by atoms with Crippen molar-refractivity contribution < 1.29 is 4.79 Å². The number of rotatable bonds is 2. The van der Waals surface area contributed by atoms with Gasteiger partial charge in [-0.3, -0.25) is 4.79 Å². The number of aryl methyl sites for hydroxylation is 2. The maximum Gasteiger partial charge on any atom is 0.256 e. The van der Waals surface area contributed by atoms with Crippen LogP contribution in [0, 0.1) is 13.8 Å². The fourth-order valence-electron chi connectivity index (χ4n) is 1.93. The van der Waals surface area contributed by atoms with Gasteiger partial charge in [-0.2, -0.15) is 0 Å². The number of hydrogen-bond donors (Lipinski definition) is 1. The quantitative estimate of drug-likeness (QED) is 0.664. The Labute approximate surface area is 139 Å². The minimum Gasteiger partial charge on any atom is -0.321 e. The van der Waals surface area contributed by atoms with Crippen molar-refractivity contribution in [3.8, 4) is 0 Å². The topological polar surface area (TPSA) is 29.1 Å². The van der Waals surface area contributed by atoms with Crippen LogP contribution in [0.4, 0.5) is 5.69 Å². The first-order valence-corrected chi connectivity index (χ1v) is 7.88. The van der Waals surface area contributed by atoms with E-state index in [-0.39, 0.29) is 5.91 Å². The average Bonchev–Trinajstić information content (AvgIpc) is 2.33. The van der Waals surface area contributed by atoms with E-state index in [1.54, 1.807) is 18.2 Å². The predicted octanol–water partition coefficient (Wildman–Crippen LogP) is 5.73. The number of halogens is 3. The molecule has 0 saturated carbocycles. The molecule has 0 unspecified atom stereocenters. The maximum absolute atomic E-state index is 12.3. The number of hydrogen-bond acceptors (Lipinski definition) is 1. The van der Waals surface area contributed by atoms with E-state index < -0.39 is 0 Å². The van der Waals surface area contributed by atoms with Crippen LogP contribution in [0.2, 0.25) is 5.02 Å². The average molecular weight is 418 g/mol. The lowest BCUT2D eigenvalue weighted by Gasteiger charge is -2.12. The number of carbonyl (C=O) groups is 1. The molecule has 1 N–H and O–H groups in total. The third kappa shape index (κ3) is 3.43. The lowest BCUT2D eigenvalue weighted by molar-refractivity contribution is 0.102. The molecule has 0 spiro atoms. The first-order chi connectivity index (χ1) is 9.38. The van der Waals surface area contributed by atoms with E-state index in [1.807, 2.05) is 26.0 Å². The van der Waals surface area contributed by atoms with Crippen molar-refractivity contribution in [3.05, 3.63) is 61.0 Å². The number of anilines is 1. The number of benzene rings is 2. The Morgan fingerprint density at radius 2 is 1.80 bits per heavy atom. The molecule has 104 valence electrons. The van der Waals surface area contributed by atoms with Gasteiger partial charge in [0, 0.05) is 14.0 Å². The molecule has 0 aromatic heterocycles. The molecule has 0 aliphatic rings. The Balaban J connectivity index is 2.33. The van der Waals surface area contributed by atoms with Crippen molar-refractivity contribution in [2.45, 2.75) is 13.8 Å². The summed E-state index contributed by atoms with van der Waals surface area (Å²) in [6.07, 6.45) is 0. The Morgan fingerprint density at radius 1 is 1.10 bits per heavy atom. The van der Waals surface area contributed by atoms with Crippen LogP contribution in [0.5, 0.6) is 0 Å². The first kappa shape index (κ1) is 15.5. The van der Waals surface area contributed by atoms with Crippen LogP contribution in [0.1, 0.15) is 21.5 Å². The summed E-state index contributed by atoms with van der Waals surface area (Å²) < 4.78 is 1.54. The van der Waals surface area contributed by atoms with Crippen LogP contribution >= 0.6 is 43.5 Å². The normalized spacial score (nSPS) is 10.4. The van der Waals surface area contributed by atoms with Crippen molar-refractivity contribution >= 4 is 55.1 Å². The standard InChI is InChI=1S/C15H12Br2ClNO/c1-8-5-9(2)14(13(17)6-8)19-15(20)11-4-3-10(18)7-12(11)16/h3-7H,1-2H3,(H,19,20). The van der Waals surface area contributed by atoms with Crippen LogP contribution in [0.25, 0.3) is 0 Å². The van der Waals surface area contributed by atoms with Crippen molar-refractivity contribution in [1.82, 2.24) is 0 Å². The van der Waals surface area contributed by atoms with Gasteiger partial charge in [-0.1, -0.05) is 17.7 Å². The molecular weight excluding hydrogens is 405 g/mol. The molecule has 0 aliphatic carbocycles. The Bertz CT molecular complexity index is 663. The molecule has 2 rings (SSSR count). The Hall–Kier alpha value is -0.840. The number of amides is 1. The molecule has 20 heavy (non-hydrogen) atoms. The molecule has 2 nitrogen and oxygen atoms in total. The minimum absolute atomic E-state index is 0.179. The van der Waals surface area contributed by atoms with Crippen LogP contribution in [-0.2, 0) is 0 Å². The van der Waals surface area contributed by atoms with Gasteiger partial charge in [-0.15, -0.1) is 0 Å². The van der Waals surface area contributed by atoms with Gasteiger partial charge in [0.05, 0.1) is 11.3 Å². The van der Waals surface area contributed by atoms with E-state index in [0.717, 1.165) is 21.3 Å². The van der Waals surface area contributed by atoms with E-state index in [4.69, 9.17) is 11.6 Å². The maximum atomic E-state index is 12.3. The minimum atomic E-state index is -0.179. The van der Waals surface area contributed by atoms with Crippen LogP contribution in [0.3, 0.4) is 0 Å². The van der Waals surface area contributed by atoms with Gasteiger partial charge in [0.1, 0.15) is 0 Å². The highest BCUT2D eigenvalue weighted by molar-refractivity contribution is 9.11. The van der Waals surface area contributed by atoms with Crippen molar-refractivity contribution in [2.75, 3.05) is 5.32 Å². The predicted molar refractivity (Wildman–Crippen MR) is 90.7 cm³/mol. The van der Waals surface area contributed by atoms with E-state index >= 15 is 0 Å². The molecular formula is C15H12Br2ClNO. The van der Waals surface area contributed by atoms with E-state index in [1.165, 1.54) is 0 Å². The van der Waals surface area contributed by atoms with Crippen LogP contribution < -0.4 is 5.32 Å². The lowest BCUT2D eigenvalue weighted by atomic mass is 10.1. The Kier molecular flexibility index (Phi) is 4.89. The molecule has 2 aromatic carbocycles. The first-order valence-electron chi connectivity index (χ1n) is 5.91. The van der Waals surface area contributed by atoms with Crippen LogP contribution in [-0.4, -0.2) is 5.91 Å². The fourth-order valence-corrected chi connectivity index (χ4v) is 3.56. The number of nitrogens with one attached hydrogen (secondary N) is 1. The zero-order chi connectivity index (χ0) is 14.9. The lowest BCUT2D eigenvalue weighted by Crippen LogP contribution is -2.14. The zero-order valence-corrected chi connectivity index (χ0v) is 14.9. The van der Waals surface area contributed by atoms with Gasteiger partial charge >= 0.3 is 0 Å². The highest BCUT2D eigenvalue weighted by Crippen LogP contribution is 2.29. The van der Waals surface area contributed by atoms with Crippen molar-refractivity contribution in [1.29, 1.82) is 0 Å². The summed E-state index contributed by atoms with van der Waals surface area (Å²) in [7, 11) is 0. The Morgan fingerprint density at radius 3 is 2.40 bits per heavy atom. The summed E-state index contributed by atoms with van der Waals surface area (Å²) in [5.41, 5.74) is 3.47. The third-order valence-corrected chi connectivity index (χ3v) is 4.36. The van der Waals surface area contributed by atoms with Gasteiger partial charge in [0.2, 0.25) is 0 Å². The monoisotopic (exact) mass is 415 g/mol. The van der Waals surface area contributed by atoms with E-state index in [0.29, 0.717) is 15.1 Å². The van der Waals surface area contributed by atoms with Crippen molar-refractivity contribution in [3.63, 3.8) is 0 Å². The summed E-state index contributed by atoms with van der Waals surface area (Å²) in [5.74, 6) is -0.179. The van der Waals surface area contributed by atoms with Gasteiger partial charge in [0.25, 0.3) is 5.91 Å². The molecule has 0 radical (unpaired) electrons. The molecule has 0 saturated heterocycles. The number of carbonyl (C=O) groups excluding carboxylic acids is 1. The second-order valence-electron chi connectivity index (χ2n) is 4.52. The summed E-state index contributed by atoms with van der Waals surface area (Å²) in [6.45, 7) is 3.98. The third-order valence-electron chi connectivity index (χ3n) is 2.85.